The van der Waals surface area contributed by atoms with E-state index in [9.17, 15) is 19.2 Å². The van der Waals surface area contributed by atoms with Gasteiger partial charge in [-0.25, -0.2) is 0 Å². The van der Waals surface area contributed by atoms with Crippen LogP contribution in [0.2, 0.25) is 0 Å². The summed E-state index contributed by atoms with van der Waals surface area (Å²) in [5.74, 6) is -1.08. The Hall–Kier alpha value is -2.78. The number of benzene rings is 1. The molecule has 1 N–H and O–H groups in total. The van der Waals surface area contributed by atoms with Gasteiger partial charge in [0.25, 0.3) is 17.7 Å². The third-order valence-corrected chi connectivity index (χ3v) is 5.41. The lowest BCUT2D eigenvalue weighted by Crippen LogP contribution is -2.47. The number of likely N-dealkylation sites (tertiary alicyclic amines) is 1. The van der Waals surface area contributed by atoms with E-state index in [0.29, 0.717) is 50.1 Å². The van der Waals surface area contributed by atoms with Gasteiger partial charge in [0.15, 0.2) is 0 Å². The standard InChI is InChI=1S/C21H27N3O6/c1-29-11-3-8-24-20(27)16-5-4-14(12-17(16)21(24)28)19(26)22-15-6-9-23(10-7-15)18(25)13-30-2/h4-5,12,15H,3,6-11,13H2,1-2H3,(H,22,26). The summed E-state index contributed by atoms with van der Waals surface area (Å²) in [4.78, 5) is 52.5. The average Bonchev–Trinajstić information content (AvgIpc) is 2.99. The quantitative estimate of drug-likeness (QED) is 0.493. The summed E-state index contributed by atoms with van der Waals surface area (Å²) in [5, 5.41) is 2.96. The highest BCUT2D eigenvalue weighted by atomic mass is 16.5. The Morgan fingerprint density at radius 2 is 1.77 bits per heavy atom. The molecule has 9 nitrogen and oxygen atoms in total. The van der Waals surface area contributed by atoms with Gasteiger partial charge in [0.1, 0.15) is 6.61 Å². The number of fused-ring (bicyclic) bond motifs is 1. The van der Waals surface area contributed by atoms with Crippen molar-refractivity contribution in [3.05, 3.63) is 34.9 Å². The number of rotatable bonds is 8. The van der Waals surface area contributed by atoms with E-state index in [-0.39, 0.29) is 48.4 Å². The summed E-state index contributed by atoms with van der Waals surface area (Å²) >= 11 is 0. The number of piperidine rings is 1. The Kier molecular flexibility index (Phi) is 7.17. The van der Waals surface area contributed by atoms with E-state index < -0.39 is 0 Å². The van der Waals surface area contributed by atoms with Crippen molar-refractivity contribution in [1.82, 2.24) is 15.1 Å². The van der Waals surface area contributed by atoms with E-state index in [1.165, 1.54) is 24.1 Å². The zero-order valence-corrected chi connectivity index (χ0v) is 17.3. The van der Waals surface area contributed by atoms with E-state index in [1.807, 2.05) is 0 Å². The first kappa shape index (κ1) is 21.9. The van der Waals surface area contributed by atoms with Crippen LogP contribution in [-0.4, -0.2) is 86.5 Å². The smallest absolute Gasteiger partial charge is 0.261 e. The van der Waals surface area contributed by atoms with E-state index in [1.54, 1.807) is 18.1 Å². The maximum Gasteiger partial charge on any atom is 0.261 e. The van der Waals surface area contributed by atoms with Crippen LogP contribution in [-0.2, 0) is 14.3 Å². The van der Waals surface area contributed by atoms with E-state index in [4.69, 9.17) is 9.47 Å². The SMILES string of the molecule is COCCCN1C(=O)c2ccc(C(=O)NC3CCN(C(=O)COC)CC3)cc2C1=O. The number of carbonyl (C=O) groups is 4. The van der Waals surface area contributed by atoms with Gasteiger partial charge >= 0.3 is 0 Å². The molecule has 0 unspecified atom stereocenters. The minimum absolute atomic E-state index is 0.0553. The zero-order valence-electron chi connectivity index (χ0n) is 17.3. The largest absolute Gasteiger partial charge is 0.385 e. The normalized spacial score (nSPS) is 16.7. The predicted molar refractivity (Wildman–Crippen MR) is 107 cm³/mol. The van der Waals surface area contributed by atoms with Crippen LogP contribution in [0.15, 0.2) is 18.2 Å². The molecule has 162 valence electrons. The summed E-state index contributed by atoms with van der Waals surface area (Å²) in [6, 6.07) is 4.53. The van der Waals surface area contributed by atoms with Gasteiger partial charge < -0.3 is 19.7 Å². The van der Waals surface area contributed by atoms with Gasteiger partial charge in [-0.05, 0) is 37.5 Å². The molecule has 1 fully saturated rings. The Bertz CT molecular complexity index is 832. The Balaban J connectivity index is 1.60. The number of hydrogen-bond donors (Lipinski definition) is 1. The van der Waals surface area contributed by atoms with E-state index >= 15 is 0 Å². The van der Waals surface area contributed by atoms with Crippen LogP contribution in [0.3, 0.4) is 0 Å². The topological polar surface area (TPSA) is 105 Å². The molecule has 0 atom stereocenters. The first-order valence-corrected chi connectivity index (χ1v) is 10.0. The van der Waals surface area contributed by atoms with Crippen molar-refractivity contribution in [3.8, 4) is 0 Å². The molecule has 1 aromatic rings. The molecule has 0 bridgehead atoms. The second kappa shape index (κ2) is 9.82. The number of ether oxygens (including phenoxy) is 2. The van der Waals surface area contributed by atoms with Gasteiger partial charge in [-0.2, -0.15) is 0 Å². The molecule has 1 saturated heterocycles. The molecule has 9 heteroatoms. The molecule has 2 aliphatic heterocycles. The molecular weight excluding hydrogens is 390 g/mol. The molecule has 0 radical (unpaired) electrons. The van der Waals surface area contributed by atoms with Crippen LogP contribution < -0.4 is 5.32 Å². The van der Waals surface area contributed by atoms with Gasteiger partial charge in [0.2, 0.25) is 5.91 Å². The molecule has 4 amide bonds. The Labute approximate surface area is 175 Å². The van der Waals surface area contributed by atoms with Crippen LogP contribution >= 0.6 is 0 Å². The minimum atomic E-state index is -0.384. The summed E-state index contributed by atoms with van der Waals surface area (Å²) in [7, 11) is 3.05. The second-order valence-electron chi connectivity index (χ2n) is 7.43. The lowest BCUT2D eigenvalue weighted by Gasteiger charge is -2.32. The van der Waals surface area contributed by atoms with Gasteiger partial charge in [0.05, 0.1) is 11.1 Å². The number of carbonyl (C=O) groups excluding carboxylic acids is 4. The minimum Gasteiger partial charge on any atom is -0.385 e. The van der Waals surface area contributed by atoms with Gasteiger partial charge in [-0.3, -0.25) is 24.1 Å². The van der Waals surface area contributed by atoms with Gasteiger partial charge in [-0.1, -0.05) is 0 Å². The number of methoxy groups -OCH3 is 2. The molecule has 0 aromatic heterocycles. The maximum atomic E-state index is 12.7. The Morgan fingerprint density at radius 3 is 2.43 bits per heavy atom. The average molecular weight is 417 g/mol. The van der Waals surface area contributed by atoms with Crippen LogP contribution in [0.5, 0.6) is 0 Å². The number of hydrogen-bond acceptors (Lipinski definition) is 6. The third kappa shape index (κ3) is 4.68. The van der Waals surface area contributed by atoms with Crippen molar-refractivity contribution in [2.75, 3.05) is 47.1 Å². The summed E-state index contributed by atoms with van der Waals surface area (Å²) in [6.45, 7) is 1.90. The molecule has 0 saturated carbocycles. The molecule has 2 aliphatic rings. The van der Waals surface area contributed by atoms with Gasteiger partial charge in [-0.15, -0.1) is 0 Å². The van der Waals surface area contributed by atoms with E-state index in [2.05, 4.69) is 5.32 Å². The fraction of sp³-hybridized carbons (Fsp3) is 0.524. The number of nitrogens with one attached hydrogen (secondary N) is 1. The summed E-state index contributed by atoms with van der Waals surface area (Å²) < 4.78 is 9.85. The number of amides is 4. The molecular formula is C21H27N3O6. The molecule has 0 aliphatic carbocycles. The molecule has 30 heavy (non-hydrogen) atoms. The lowest BCUT2D eigenvalue weighted by molar-refractivity contribution is -0.136. The van der Waals surface area contributed by atoms with Crippen LogP contribution in [0.4, 0.5) is 0 Å². The van der Waals surface area contributed by atoms with E-state index in [0.717, 1.165) is 0 Å². The number of nitrogens with zero attached hydrogens (tertiary/aromatic N) is 2. The summed E-state index contributed by atoms with van der Waals surface area (Å²) in [5.41, 5.74) is 0.913. The Morgan fingerprint density at radius 1 is 1.07 bits per heavy atom. The third-order valence-electron chi connectivity index (χ3n) is 5.41. The molecule has 2 heterocycles. The summed E-state index contributed by atoms with van der Waals surface area (Å²) in [6.07, 6.45) is 1.86. The predicted octanol–water partition coefficient (Wildman–Crippen LogP) is 0.686. The molecule has 1 aromatic carbocycles. The highest BCUT2D eigenvalue weighted by Crippen LogP contribution is 2.24. The van der Waals surface area contributed by atoms with Crippen LogP contribution in [0, 0.1) is 0 Å². The fourth-order valence-electron chi connectivity index (χ4n) is 3.76. The van der Waals surface area contributed by atoms with Crippen LogP contribution in [0.25, 0.3) is 0 Å². The van der Waals surface area contributed by atoms with Crippen molar-refractivity contribution in [2.45, 2.75) is 25.3 Å². The van der Waals surface area contributed by atoms with Crippen molar-refractivity contribution in [3.63, 3.8) is 0 Å². The van der Waals surface area contributed by atoms with Crippen LogP contribution in [0.1, 0.15) is 50.3 Å². The van der Waals surface area contributed by atoms with Crippen molar-refractivity contribution < 1.29 is 28.7 Å². The first-order chi connectivity index (χ1) is 14.5. The van der Waals surface area contributed by atoms with Crippen molar-refractivity contribution in [1.29, 1.82) is 0 Å². The molecule has 0 spiro atoms. The van der Waals surface area contributed by atoms with Gasteiger partial charge in [0, 0.05) is 52.1 Å². The highest BCUT2D eigenvalue weighted by Gasteiger charge is 2.35. The molecule has 3 rings (SSSR count). The maximum absolute atomic E-state index is 12.7. The number of imide groups is 1. The monoisotopic (exact) mass is 417 g/mol. The first-order valence-electron chi connectivity index (χ1n) is 10.0. The van der Waals surface area contributed by atoms with Crippen molar-refractivity contribution in [2.24, 2.45) is 0 Å². The second-order valence-corrected chi connectivity index (χ2v) is 7.43. The zero-order chi connectivity index (χ0) is 21.7. The van der Waals surface area contributed by atoms with Crippen molar-refractivity contribution >= 4 is 23.6 Å². The lowest BCUT2D eigenvalue weighted by atomic mass is 10.0. The fourth-order valence-corrected chi connectivity index (χ4v) is 3.76. The highest BCUT2D eigenvalue weighted by molar-refractivity contribution is 6.22.